The van der Waals surface area contributed by atoms with Gasteiger partial charge in [0, 0.05) is 38.5 Å². The van der Waals surface area contributed by atoms with Crippen LogP contribution in [0.2, 0.25) is 0 Å². The predicted molar refractivity (Wildman–Crippen MR) is 197 cm³/mol. The second kappa shape index (κ2) is 30.0. The minimum atomic E-state index is -1.61. The SMILES string of the molecule is NC(=O)CCC(NC(=O)CCC(NC(=O)CCC(NC(=O)CCC(NC(=O)CCCCCCCCCCCCCCC(=O)O)C(=O)O)C(=O)O)C(=O)O)C(=O)O. The Hall–Kier alpha value is -5.30. The molecule has 20 heteroatoms. The Labute approximate surface area is 325 Å². The number of aliphatic carboxylic acids is 5. The average Bonchev–Trinajstić information content (AvgIpc) is 3.11. The standard InChI is InChI=1S/C36H59N5O15/c37-27(42)19-15-23(33(49)50)39-29(44)21-17-25(35(53)54)41-31(46)22-18-26(36(55)56)40-30(45)20-16-24(34(51)52)38-28(43)13-11-9-7-5-3-1-2-4-6-8-10-12-14-32(47)48/h23-26H,1-22H2,(H2,37,42)(H,38,43)(H,39,44)(H,40,45)(H,41,46)(H,47,48)(H,49,50)(H,51,52)(H,53,54)(H,55,56). The van der Waals surface area contributed by atoms with Crippen molar-refractivity contribution in [3.8, 4) is 0 Å². The van der Waals surface area contributed by atoms with E-state index in [9.17, 15) is 68.4 Å². The number of carbonyl (C=O) groups is 10. The molecule has 0 rings (SSSR count). The maximum absolute atomic E-state index is 12.5. The van der Waals surface area contributed by atoms with Crippen molar-refractivity contribution in [1.29, 1.82) is 0 Å². The van der Waals surface area contributed by atoms with E-state index in [1.54, 1.807) is 0 Å². The molecule has 0 aromatic rings. The number of unbranched alkanes of at least 4 members (excludes halogenated alkanes) is 11. The molecule has 0 heterocycles. The monoisotopic (exact) mass is 801 g/mol. The van der Waals surface area contributed by atoms with Crippen LogP contribution in [0.1, 0.15) is 141 Å². The van der Waals surface area contributed by atoms with Crippen LogP contribution in [0.4, 0.5) is 0 Å². The van der Waals surface area contributed by atoms with Crippen molar-refractivity contribution in [3.05, 3.63) is 0 Å². The zero-order valence-corrected chi connectivity index (χ0v) is 31.8. The van der Waals surface area contributed by atoms with E-state index in [1.807, 2.05) is 0 Å². The van der Waals surface area contributed by atoms with Crippen LogP contribution in [0.15, 0.2) is 0 Å². The molecular weight excluding hydrogens is 742 g/mol. The maximum Gasteiger partial charge on any atom is 0.326 e. The zero-order valence-electron chi connectivity index (χ0n) is 31.8. The van der Waals surface area contributed by atoms with Crippen LogP contribution in [0.5, 0.6) is 0 Å². The summed E-state index contributed by atoms with van der Waals surface area (Å²) in [5.41, 5.74) is 4.98. The Kier molecular flexibility index (Phi) is 27.1. The van der Waals surface area contributed by atoms with Crippen molar-refractivity contribution in [2.24, 2.45) is 5.73 Å². The van der Waals surface area contributed by atoms with Gasteiger partial charge in [0.2, 0.25) is 29.5 Å². The molecule has 4 unspecified atom stereocenters. The highest BCUT2D eigenvalue weighted by Gasteiger charge is 2.27. The van der Waals surface area contributed by atoms with Gasteiger partial charge in [-0.3, -0.25) is 28.8 Å². The van der Waals surface area contributed by atoms with E-state index in [2.05, 4.69) is 21.3 Å². The van der Waals surface area contributed by atoms with Crippen molar-refractivity contribution in [2.75, 3.05) is 0 Å². The second-order valence-electron chi connectivity index (χ2n) is 13.6. The number of amides is 5. The minimum Gasteiger partial charge on any atom is -0.481 e. The normalized spacial score (nSPS) is 12.9. The maximum atomic E-state index is 12.5. The predicted octanol–water partition coefficient (Wildman–Crippen LogP) is 1.42. The van der Waals surface area contributed by atoms with Gasteiger partial charge in [0.05, 0.1) is 0 Å². The highest BCUT2D eigenvalue weighted by atomic mass is 16.4. The summed E-state index contributed by atoms with van der Waals surface area (Å²) < 4.78 is 0. The quantitative estimate of drug-likeness (QED) is 0.0405. The van der Waals surface area contributed by atoms with Gasteiger partial charge in [-0.05, 0) is 38.5 Å². The molecule has 4 atom stereocenters. The molecule has 0 spiro atoms. The van der Waals surface area contributed by atoms with Gasteiger partial charge in [-0.25, -0.2) is 19.2 Å². The van der Waals surface area contributed by atoms with Crippen LogP contribution in [0, 0.1) is 0 Å². The summed E-state index contributed by atoms with van der Waals surface area (Å²) in [5.74, 6) is -10.6. The lowest BCUT2D eigenvalue weighted by molar-refractivity contribution is -0.144. The molecule has 0 saturated heterocycles. The molecule has 0 radical (unpaired) electrons. The highest BCUT2D eigenvalue weighted by Crippen LogP contribution is 2.13. The lowest BCUT2D eigenvalue weighted by Crippen LogP contribution is -2.45. The number of hydrogen-bond acceptors (Lipinski definition) is 10. The largest absolute Gasteiger partial charge is 0.481 e. The van der Waals surface area contributed by atoms with E-state index in [0.29, 0.717) is 12.8 Å². The summed E-state index contributed by atoms with van der Waals surface area (Å²) in [6, 6.07) is -6.07. The summed E-state index contributed by atoms with van der Waals surface area (Å²) in [6.45, 7) is 0. The summed E-state index contributed by atoms with van der Waals surface area (Å²) in [5, 5.41) is 55.1. The van der Waals surface area contributed by atoms with Crippen LogP contribution >= 0.6 is 0 Å². The fourth-order valence-electron chi connectivity index (χ4n) is 5.54. The lowest BCUT2D eigenvalue weighted by atomic mass is 10.0. The smallest absolute Gasteiger partial charge is 0.326 e. The number of nitrogens with one attached hydrogen (secondary N) is 4. The molecule has 0 aliphatic heterocycles. The molecule has 56 heavy (non-hydrogen) atoms. The van der Waals surface area contributed by atoms with E-state index in [-0.39, 0.29) is 32.1 Å². The van der Waals surface area contributed by atoms with Crippen LogP contribution in [-0.2, 0) is 47.9 Å². The average molecular weight is 802 g/mol. The van der Waals surface area contributed by atoms with Crippen molar-refractivity contribution < 1.29 is 73.5 Å². The molecule has 5 amide bonds. The second-order valence-corrected chi connectivity index (χ2v) is 13.6. The van der Waals surface area contributed by atoms with Crippen molar-refractivity contribution in [1.82, 2.24) is 21.3 Å². The van der Waals surface area contributed by atoms with E-state index in [0.717, 1.165) is 64.2 Å². The van der Waals surface area contributed by atoms with Crippen molar-refractivity contribution >= 4 is 59.4 Å². The lowest BCUT2D eigenvalue weighted by Gasteiger charge is -2.18. The third-order valence-corrected chi connectivity index (χ3v) is 8.74. The topological polar surface area (TPSA) is 346 Å². The Morgan fingerprint density at radius 1 is 0.339 bits per heavy atom. The molecule has 0 aliphatic rings. The van der Waals surface area contributed by atoms with Gasteiger partial charge in [-0.1, -0.05) is 64.2 Å². The first-order valence-corrected chi connectivity index (χ1v) is 19.0. The van der Waals surface area contributed by atoms with Crippen LogP contribution in [0.3, 0.4) is 0 Å². The molecule has 20 nitrogen and oxygen atoms in total. The van der Waals surface area contributed by atoms with Crippen LogP contribution in [-0.4, -0.2) is 109 Å². The Balaban J connectivity index is 4.54. The fourth-order valence-corrected chi connectivity index (χ4v) is 5.54. The molecule has 0 fully saturated rings. The van der Waals surface area contributed by atoms with E-state index in [4.69, 9.17) is 10.8 Å². The molecule has 0 saturated carbocycles. The number of primary amides is 1. The molecule has 0 aromatic carbocycles. The van der Waals surface area contributed by atoms with Crippen LogP contribution in [0.25, 0.3) is 0 Å². The fraction of sp³-hybridized carbons (Fsp3) is 0.722. The number of nitrogens with two attached hydrogens (primary N) is 1. The van der Waals surface area contributed by atoms with Gasteiger partial charge < -0.3 is 52.5 Å². The molecule has 0 aliphatic carbocycles. The summed E-state index contributed by atoms with van der Waals surface area (Å²) in [7, 11) is 0. The summed E-state index contributed by atoms with van der Waals surface area (Å²) >= 11 is 0. The van der Waals surface area contributed by atoms with E-state index in [1.165, 1.54) is 0 Å². The first-order valence-electron chi connectivity index (χ1n) is 19.0. The number of rotatable bonds is 35. The summed E-state index contributed by atoms with van der Waals surface area (Å²) in [6.07, 6.45) is 8.34. The van der Waals surface area contributed by atoms with E-state index < -0.39 is 116 Å². The number of hydrogen-bond donors (Lipinski definition) is 10. The number of carboxylic acids is 5. The molecule has 0 aromatic heterocycles. The third kappa shape index (κ3) is 27.3. The first kappa shape index (κ1) is 50.7. The Morgan fingerprint density at radius 3 is 0.821 bits per heavy atom. The molecular formula is C36H59N5O15. The highest BCUT2D eigenvalue weighted by molar-refractivity contribution is 5.88. The van der Waals surface area contributed by atoms with Gasteiger partial charge in [0.25, 0.3) is 0 Å². The van der Waals surface area contributed by atoms with Crippen molar-refractivity contribution in [3.63, 3.8) is 0 Å². The molecule has 11 N–H and O–H groups in total. The van der Waals surface area contributed by atoms with Crippen LogP contribution < -0.4 is 27.0 Å². The molecule has 318 valence electrons. The Bertz CT molecular complexity index is 1330. The molecule has 0 bridgehead atoms. The van der Waals surface area contributed by atoms with Gasteiger partial charge in [-0.15, -0.1) is 0 Å². The Morgan fingerprint density at radius 2 is 0.571 bits per heavy atom. The van der Waals surface area contributed by atoms with E-state index >= 15 is 0 Å². The number of carbonyl (C=O) groups excluding carboxylic acids is 5. The van der Waals surface area contributed by atoms with Gasteiger partial charge in [0.1, 0.15) is 24.2 Å². The zero-order chi connectivity index (χ0) is 42.5. The minimum absolute atomic E-state index is 0.0978. The third-order valence-electron chi connectivity index (χ3n) is 8.74. The van der Waals surface area contributed by atoms with Gasteiger partial charge in [0.15, 0.2) is 0 Å². The number of carboxylic acid groups (broad SMARTS) is 5. The summed E-state index contributed by atoms with van der Waals surface area (Å²) in [4.78, 5) is 117. The van der Waals surface area contributed by atoms with Crippen molar-refractivity contribution in [2.45, 2.75) is 165 Å². The first-order chi connectivity index (χ1) is 26.4. The van der Waals surface area contributed by atoms with Gasteiger partial charge in [-0.2, -0.15) is 0 Å². The van der Waals surface area contributed by atoms with Gasteiger partial charge >= 0.3 is 29.8 Å².